The van der Waals surface area contributed by atoms with E-state index in [4.69, 9.17) is 10.8 Å². The number of carboxylic acid groups (broad SMARTS) is 1. The Bertz CT molecular complexity index is 491. The molecule has 82 valence electrons. The first-order valence-corrected chi connectivity index (χ1v) is 4.91. The first kappa shape index (κ1) is 10.4. The minimum Gasteiger partial charge on any atom is -0.478 e. The average Bonchev–Trinajstić information content (AvgIpc) is 2.17. The normalized spacial score (nSPS) is 18.5. The summed E-state index contributed by atoms with van der Waals surface area (Å²) in [6.45, 7) is 0. The van der Waals surface area contributed by atoms with E-state index in [1.54, 1.807) is 0 Å². The van der Waals surface area contributed by atoms with Crippen LogP contribution in [-0.2, 0) is 16.0 Å². The van der Waals surface area contributed by atoms with Gasteiger partial charge < -0.3 is 10.8 Å². The van der Waals surface area contributed by atoms with Crippen molar-refractivity contribution in [2.24, 2.45) is 5.73 Å². The topological polar surface area (TPSA) is 80.4 Å². The molecular weight excluding hydrogens is 206 g/mol. The maximum atomic E-state index is 11.0. The molecule has 1 amide bonds. The van der Waals surface area contributed by atoms with Gasteiger partial charge in [-0.25, -0.2) is 4.79 Å². The number of amides is 1. The van der Waals surface area contributed by atoms with Crippen LogP contribution in [-0.4, -0.2) is 17.0 Å². The zero-order valence-electron chi connectivity index (χ0n) is 8.51. The van der Waals surface area contributed by atoms with Gasteiger partial charge in [-0.15, -0.1) is 0 Å². The number of carbonyl (C=O) groups excluding carboxylic acids is 1. The van der Waals surface area contributed by atoms with E-state index < -0.39 is 11.9 Å². The van der Waals surface area contributed by atoms with Gasteiger partial charge in [-0.3, -0.25) is 4.79 Å². The largest absolute Gasteiger partial charge is 0.478 e. The molecule has 1 aromatic carbocycles. The molecule has 0 bridgehead atoms. The van der Waals surface area contributed by atoms with Crippen LogP contribution in [0, 0.1) is 0 Å². The number of carbonyl (C=O) groups is 2. The lowest BCUT2D eigenvalue weighted by Gasteiger charge is -2.30. The highest BCUT2D eigenvalue weighted by atomic mass is 16.4. The molecule has 0 saturated carbocycles. The van der Waals surface area contributed by atoms with Crippen molar-refractivity contribution >= 4 is 11.9 Å². The van der Waals surface area contributed by atoms with Crippen LogP contribution >= 0.6 is 0 Å². The fourth-order valence-electron chi connectivity index (χ4n) is 2.00. The minimum atomic E-state index is -1.08. The maximum absolute atomic E-state index is 11.0. The predicted molar refractivity (Wildman–Crippen MR) is 57.8 cm³/mol. The zero-order valence-corrected chi connectivity index (χ0v) is 8.51. The highest BCUT2D eigenvalue weighted by molar-refractivity contribution is 5.98. The van der Waals surface area contributed by atoms with Gasteiger partial charge in [0.1, 0.15) is 0 Å². The molecule has 2 rings (SSSR count). The predicted octanol–water partition coefficient (Wildman–Crippen LogP) is 0.823. The molecule has 0 fully saturated rings. The van der Waals surface area contributed by atoms with E-state index in [9.17, 15) is 9.59 Å². The highest BCUT2D eigenvalue weighted by Crippen LogP contribution is 2.39. The molecule has 4 nitrogen and oxygen atoms in total. The monoisotopic (exact) mass is 217 g/mol. The average molecular weight is 217 g/mol. The number of primary amides is 1. The molecule has 0 aliphatic heterocycles. The molecule has 0 radical (unpaired) electrons. The van der Waals surface area contributed by atoms with Gasteiger partial charge in [0.05, 0.1) is 5.57 Å². The van der Waals surface area contributed by atoms with Crippen LogP contribution in [0.3, 0.4) is 0 Å². The van der Waals surface area contributed by atoms with Crippen LogP contribution < -0.4 is 5.73 Å². The summed E-state index contributed by atoms with van der Waals surface area (Å²) in [7, 11) is 0. The molecule has 0 saturated heterocycles. The molecule has 0 heterocycles. The van der Waals surface area contributed by atoms with E-state index >= 15 is 0 Å². The molecule has 0 aromatic heterocycles. The van der Waals surface area contributed by atoms with Gasteiger partial charge in [0.15, 0.2) is 0 Å². The Morgan fingerprint density at radius 2 is 2.06 bits per heavy atom. The van der Waals surface area contributed by atoms with Crippen LogP contribution in [0.5, 0.6) is 0 Å². The van der Waals surface area contributed by atoms with Crippen LogP contribution in [0.25, 0.3) is 0 Å². The van der Waals surface area contributed by atoms with Crippen LogP contribution in [0.2, 0.25) is 0 Å². The fraction of sp³-hybridized carbons (Fsp3) is 0.167. The first-order chi connectivity index (χ1) is 7.59. The third-order valence-electron chi connectivity index (χ3n) is 2.77. The summed E-state index contributed by atoms with van der Waals surface area (Å²) in [4.78, 5) is 21.8. The van der Waals surface area contributed by atoms with E-state index in [2.05, 4.69) is 0 Å². The minimum absolute atomic E-state index is 0.0752. The molecule has 1 unspecified atom stereocenters. The number of hydrogen-bond donors (Lipinski definition) is 2. The van der Waals surface area contributed by atoms with Crippen molar-refractivity contribution in [3.8, 4) is 0 Å². The fourth-order valence-corrected chi connectivity index (χ4v) is 2.00. The quantitative estimate of drug-likeness (QED) is 0.735. The molecule has 0 spiro atoms. The van der Waals surface area contributed by atoms with Gasteiger partial charge >= 0.3 is 5.97 Å². The summed E-state index contributed by atoms with van der Waals surface area (Å²) in [6, 6.07) is 7.60. The highest BCUT2D eigenvalue weighted by Gasteiger charge is 2.32. The van der Waals surface area contributed by atoms with Crippen molar-refractivity contribution in [3.05, 3.63) is 47.0 Å². The molecule has 16 heavy (non-hydrogen) atoms. The Morgan fingerprint density at radius 1 is 1.38 bits per heavy atom. The van der Waals surface area contributed by atoms with E-state index in [1.165, 1.54) is 0 Å². The van der Waals surface area contributed by atoms with Crippen molar-refractivity contribution in [1.82, 2.24) is 0 Å². The molecule has 1 aliphatic rings. The molecular formula is C12H11NO3. The Kier molecular flexibility index (Phi) is 2.48. The molecule has 1 atom stereocenters. The summed E-state index contributed by atoms with van der Waals surface area (Å²) in [5.41, 5.74) is 7.16. The Balaban J connectivity index is 2.34. The Morgan fingerprint density at radius 3 is 2.62 bits per heavy atom. The van der Waals surface area contributed by atoms with Gasteiger partial charge in [0.25, 0.3) is 0 Å². The van der Waals surface area contributed by atoms with Gasteiger partial charge in [-0.2, -0.15) is 0 Å². The van der Waals surface area contributed by atoms with Crippen LogP contribution in [0.15, 0.2) is 35.9 Å². The summed E-state index contributed by atoms with van der Waals surface area (Å²) >= 11 is 0. The second kappa shape index (κ2) is 3.81. The zero-order chi connectivity index (χ0) is 11.7. The van der Waals surface area contributed by atoms with E-state index in [-0.39, 0.29) is 11.5 Å². The van der Waals surface area contributed by atoms with Gasteiger partial charge in [0, 0.05) is 12.0 Å². The van der Waals surface area contributed by atoms with Crippen LogP contribution in [0.4, 0.5) is 0 Å². The van der Waals surface area contributed by atoms with Gasteiger partial charge in [0.2, 0.25) is 5.91 Å². The van der Waals surface area contributed by atoms with E-state index in [0.29, 0.717) is 6.42 Å². The molecule has 4 heteroatoms. The van der Waals surface area contributed by atoms with E-state index in [0.717, 1.165) is 17.2 Å². The molecule has 1 aliphatic carbocycles. The summed E-state index contributed by atoms with van der Waals surface area (Å²) in [6.07, 6.45) is 1.66. The number of nitrogens with two attached hydrogens (primary N) is 1. The van der Waals surface area contributed by atoms with Crippen molar-refractivity contribution < 1.29 is 14.7 Å². The Hall–Kier alpha value is -2.10. The van der Waals surface area contributed by atoms with Crippen molar-refractivity contribution in [2.75, 3.05) is 0 Å². The lowest BCUT2D eigenvalue weighted by atomic mass is 9.73. The van der Waals surface area contributed by atoms with Crippen molar-refractivity contribution in [1.29, 1.82) is 0 Å². The first-order valence-electron chi connectivity index (χ1n) is 4.91. The SMILES string of the molecule is NC(=O)/C=C(\C(=O)O)C1Cc2ccccc21. The van der Waals surface area contributed by atoms with E-state index in [1.807, 2.05) is 24.3 Å². The number of aliphatic carboxylic acids is 1. The summed E-state index contributed by atoms with van der Waals surface area (Å²) in [5, 5.41) is 9.01. The summed E-state index contributed by atoms with van der Waals surface area (Å²) < 4.78 is 0. The second-order valence-corrected chi connectivity index (χ2v) is 3.76. The van der Waals surface area contributed by atoms with Gasteiger partial charge in [-0.1, -0.05) is 24.3 Å². The maximum Gasteiger partial charge on any atom is 0.332 e. The number of fused-ring (bicyclic) bond motifs is 1. The van der Waals surface area contributed by atoms with Crippen molar-refractivity contribution in [3.63, 3.8) is 0 Å². The second-order valence-electron chi connectivity index (χ2n) is 3.76. The number of carboxylic acids is 1. The number of benzene rings is 1. The smallest absolute Gasteiger partial charge is 0.332 e. The molecule has 3 N–H and O–H groups in total. The lowest BCUT2D eigenvalue weighted by molar-refractivity contribution is -0.133. The van der Waals surface area contributed by atoms with Crippen molar-refractivity contribution in [2.45, 2.75) is 12.3 Å². The van der Waals surface area contributed by atoms with Gasteiger partial charge in [-0.05, 0) is 17.5 Å². The number of rotatable bonds is 3. The summed E-state index contributed by atoms with van der Waals surface area (Å²) in [5.74, 6) is -2.01. The third kappa shape index (κ3) is 1.69. The van der Waals surface area contributed by atoms with Crippen LogP contribution in [0.1, 0.15) is 17.0 Å². The number of hydrogen-bond acceptors (Lipinski definition) is 2. The molecule has 1 aromatic rings. The lowest BCUT2D eigenvalue weighted by Crippen LogP contribution is -2.24. The standard InChI is InChI=1S/C12H11NO3/c13-11(14)6-10(12(15)16)9-5-7-3-1-2-4-8(7)9/h1-4,6,9H,5H2,(H2,13,14)(H,15,16)/b10-6-. The Labute approximate surface area is 92.4 Å². The third-order valence-corrected chi connectivity index (χ3v) is 2.77.